The number of esters is 1. The quantitative estimate of drug-likeness (QED) is 0.247. The molecule has 1 heterocycles. The highest BCUT2D eigenvalue weighted by molar-refractivity contribution is 6.09. The number of benzene rings is 2. The highest BCUT2D eigenvalue weighted by Crippen LogP contribution is 2.32. The molecule has 0 bridgehead atoms. The Morgan fingerprint density at radius 2 is 1.39 bits per heavy atom. The second kappa shape index (κ2) is 10.4. The van der Waals surface area contributed by atoms with E-state index in [-0.39, 0.29) is 17.0 Å². The van der Waals surface area contributed by atoms with Crippen LogP contribution in [-0.4, -0.2) is 37.1 Å². The monoisotopic (exact) mass is 465 g/mol. The summed E-state index contributed by atoms with van der Waals surface area (Å²) in [6, 6.07) is 11.8. The van der Waals surface area contributed by atoms with Crippen molar-refractivity contribution in [2.45, 2.75) is 13.2 Å². The Labute approximate surface area is 184 Å². The van der Waals surface area contributed by atoms with E-state index in [4.69, 9.17) is 4.74 Å². The van der Waals surface area contributed by atoms with Gasteiger partial charge in [-0.15, -0.1) is 0 Å². The van der Waals surface area contributed by atoms with Crippen LogP contribution in [0.3, 0.4) is 0 Å². The molecule has 0 aliphatic heterocycles. The van der Waals surface area contributed by atoms with E-state index in [0.717, 1.165) is 18.2 Å². The molecule has 0 aliphatic rings. The molecule has 0 saturated heterocycles. The Hall–Kier alpha value is -4.15. The molecule has 1 aromatic heterocycles. The molecule has 0 unspecified atom stereocenters. The van der Waals surface area contributed by atoms with Gasteiger partial charge in [-0.25, -0.2) is 9.78 Å². The summed E-state index contributed by atoms with van der Waals surface area (Å²) in [5, 5.41) is 0. The van der Waals surface area contributed by atoms with Crippen molar-refractivity contribution in [3.05, 3.63) is 77.5 Å². The van der Waals surface area contributed by atoms with E-state index in [1.807, 2.05) is 0 Å². The molecule has 3 rings (SSSR count). The van der Waals surface area contributed by atoms with Crippen LogP contribution < -0.4 is 14.2 Å². The number of rotatable bonds is 9. The van der Waals surface area contributed by atoms with E-state index in [1.165, 1.54) is 49.7 Å². The van der Waals surface area contributed by atoms with Gasteiger partial charge in [0, 0.05) is 23.4 Å². The van der Waals surface area contributed by atoms with Gasteiger partial charge >= 0.3 is 19.2 Å². The van der Waals surface area contributed by atoms with Crippen molar-refractivity contribution in [3.8, 4) is 23.1 Å². The molecule has 7 nitrogen and oxygen atoms in total. The normalized spacial score (nSPS) is 10.8. The van der Waals surface area contributed by atoms with Gasteiger partial charge in [0.2, 0.25) is 5.88 Å². The Balaban J connectivity index is 1.75. The van der Waals surface area contributed by atoms with Gasteiger partial charge in [0.15, 0.2) is 17.3 Å². The van der Waals surface area contributed by atoms with Crippen molar-refractivity contribution in [2.24, 2.45) is 0 Å². The number of hydrogen-bond donors (Lipinski definition) is 0. The minimum Gasteiger partial charge on any atom is -0.465 e. The molecular weight excluding hydrogens is 450 g/mol. The van der Waals surface area contributed by atoms with E-state index in [2.05, 4.69) is 19.2 Å². The fraction of sp³-hybridized carbons (Fsp3) is 0.136. The minimum atomic E-state index is -3.31. The van der Waals surface area contributed by atoms with E-state index in [1.54, 1.807) is 0 Å². The molecule has 33 heavy (non-hydrogen) atoms. The van der Waals surface area contributed by atoms with Gasteiger partial charge in [-0.05, 0) is 48.5 Å². The molecule has 0 N–H and O–H groups in total. The summed E-state index contributed by atoms with van der Waals surface area (Å²) in [4.78, 5) is 28.1. The molecule has 3 aromatic rings. The minimum absolute atomic E-state index is 0.0777. The SMILES string of the molecule is COC(=O)c1ccc(Oc2ccc(C(=O)c3ccc(OC(F)F)c(OC(F)F)c3)cn2)cc1. The highest BCUT2D eigenvalue weighted by atomic mass is 19.3. The molecular formula is C22H15F4NO6. The maximum absolute atomic E-state index is 12.7. The van der Waals surface area contributed by atoms with Gasteiger partial charge in [-0.2, -0.15) is 17.6 Å². The van der Waals surface area contributed by atoms with E-state index < -0.39 is 36.5 Å². The second-order valence-corrected chi connectivity index (χ2v) is 6.25. The third-order valence-corrected chi connectivity index (χ3v) is 4.13. The van der Waals surface area contributed by atoms with Gasteiger partial charge in [0.25, 0.3) is 0 Å². The standard InChI is InChI=1S/C22H15F4NO6/c1-30-20(29)12-2-6-15(7-3-12)31-18-9-5-14(11-27-18)19(28)13-4-8-16(32-21(23)24)17(10-13)33-22(25)26/h2-11,21-22H,1H3. The second-order valence-electron chi connectivity index (χ2n) is 6.25. The number of carbonyl (C=O) groups is 2. The summed E-state index contributed by atoms with van der Waals surface area (Å²) in [6.45, 7) is -6.57. The third kappa shape index (κ3) is 6.19. The van der Waals surface area contributed by atoms with Gasteiger partial charge < -0.3 is 18.9 Å². The van der Waals surface area contributed by atoms with Gasteiger partial charge in [0.05, 0.1) is 12.7 Å². The van der Waals surface area contributed by atoms with E-state index >= 15 is 0 Å². The summed E-state index contributed by atoms with van der Waals surface area (Å²) >= 11 is 0. The number of carbonyl (C=O) groups excluding carboxylic acids is 2. The maximum Gasteiger partial charge on any atom is 0.387 e. The molecule has 0 atom stereocenters. The molecule has 0 spiro atoms. The molecule has 11 heteroatoms. The van der Waals surface area contributed by atoms with Crippen LogP contribution in [0.4, 0.5) is 17.6 Å². The van der Waals surface area contributed by atoms with Crippen LogP contribution in [0.2, 0.25) is 0 Å². The predicted octanol–water partition coefficient (Wildman–Crippen LogP) is 5.09. The lowest BCUT2D eigenvalue weighted by Gasteiger charge is -2.13. The van der Waals surface area contributed by atoms with E-state index in [9.17, 15) is 27.2 Å². The van der Waals surface area contributed by atoms with E-state index in [0.29, 0.717) is 11.3 Å². The number of ketones is 1. The summed E-state index contributed by atoms with van der Waals surface area (Å²) in [6.07, 6.45) is 1.19. The fourth-order valence-electron chi connectivity index (χ4n) is 2.67. The van der Waals surface area contributed by atoms with Crippen molar-refractivity contribution < 1.29 is 46.1 Å². The van der Waals surface area contributed by atoms with Crippen molar-refractivity contribution in [2.75, 3.05) is 7.11 Å². The highest BCUT2D eigenvalue weighted by Gasteiger charge is 2.19. The number of nitrogens with zero attached hydrogens (tertiary/aromatic N) is 1. The van der Waals surface area contributed by atoms with Crippen LogP contribution in [0.15, 0.2) is 60.8 Å². The first-order valence-electron chi connectivity index (χ1n) is 9.17. The van der Waals surface area contributed by atoms with Crippen molar-refractivity contribution in [3.63, 3.8) is 0 Å². The topological polar surface area (TPSA) is 84.0 Å². The van der Waals surface area contributed by atoms with Crippen LogP contribution in [0.25, 0.3) is 0 Å². The van der Waals surface area contributed by atoms with Crippen LogP contribution in [0.1, 0.15) is 26.3 Å². The average molecular weight is 465 g/mol. The Morgan fingerprint density at radius 3 is 1.97 bits per heavy atom. The summed E-state index contributed by atoms with van der Waals surface area (Å²) < 4.78 is 68.6. The third-order valence-electron chi connectivity index (χ3n) is 4.13. The lowest BCUT2D eigenvalue weighted by molar-refractivity contribution is -0.0692. The molecule has 0 saturated carbocycles. The maximum atomic E-state index is 12.7. The fourth-order valence-corrected chi connectivity index (χ4v) is 2.67. The Bertz CT molecular complexity index is 1120. The van der Waals surface area contributed by atoms with Crippen molar-refractivity contribution in [1.29, 1.82) is 0 Å². The van der Waals surface area contributed by atoms with Gasteiger partial charge in [-0.3, -0.25) is 4.79 Å². The van der Waals surface area contributed by atoms with Crippen molar-refractivity contribution in [1.82, 2.24) is 4.98 Å². The number of alkyl halides is 4. The van der Waals surface area contributed by atoms with Crippen LogP contribution >= 0.6 is 0 Å². The van der Waals surface area contributed by atoms with Crippen LogP contribution in [0, 0.1) is 0 Å². The van der Waals surface area contributed by atoms with Crippen LogP contribution in [-0.2, 0) is 4.74 Å². The largest absolute Gasteiger partial charge is 0.465 e. The first kappa shape index (κ1) is 23.5. The number of pyridine rings is 1. The summed E-state index contributed by atoms with van der Waals surface area (Å²) in [7, 11) is 1.26. The molecule has 0 radical (unpaired) electrons. The Morgan fingerprint density at radius 1 is 0.788 bits per heavy atom. The smallest absolute Gasteiger partial charge is 0.387 e. The average Bonchev–Trinajstić information content (AvgIpc) is 2.79. The van der Waals surface area contributed by atoms with Crippen molar-refractivity contribution >= 4 is 11.8 Å². The first-order chi connectivity index (χ1) is 15.8. The zero-order valence-corrected chi connectivity index (χ0v) is 16.8. The van der Waals surface area contributed by atoms with Crippen LogP contribution in [0.5, 0.6) is 23.1 Å². The summed E-state index contributed by atoms with van der Waals surface area (Å²) in [5.41, 5.74) is 0.300. The lowest BCUT2D eigenvalue weighted by Crippen LogP contribution is -2.09. The Kier molecular flexibility index (Phi) is 7.44. The molecule has 0 fully saturated rings. The van der Waals surface area contributed by atoms with Gasteiger partial charge in [-0.1, -0.05) is 0 Å². The number of halogens is 4. The molecule has 2 aromatic carbocycles. The summed E-state index contributed by atoms with van der Waals surface area (Å²) in [5.74, 6) is -1.96. The molecule has 0 aliphatic carbocycles. The number of ether oxygens (including phenoxy) is 4. The predicted molar refractivity (Wildman–Crippen MR) is 105 cm³/mol. The zero-order chi connectivity index (χ0) is 24.0. The number of methoxy groups -OCH3 is 1. The first-order valence-corrected chi connectivity index (χ1v) is 9.17. The molecule has 0 amide bonds. The lowest BCUT2D eigenvalue weighted by atomic mass is 10.0. The number of aromatic nitrogens is 1. The number of hydrogen-bond acceptors (Lipinski definition) is 7. The zero-order valence-electron chi connectivity index (χ0n) is 16.8. The van der Waals surface area contributed by atoms with Gasteiger partial charge in [0.1, 0.15) is 5.75 Å². The molecule has 172 valence electrons.